The molecule has 0 aliphatic carbocycles. The van der Waals surface area contributed by atoms with Crippen molar-refractivity contribution in [3.8, 4) is 0 Å². The third kappa shape index (κ3) is 35.2. The van der Waals surface area contributed by atoms with Crippen molar-refractivity contribution in [3.63, 3.8) is 0 Å². The van der Waals surface area contributed by atoms with E-state index in [-0.39, 0.29) is 0 Å². The molecule has 0 rings (SSSR count). The Morgan fingerprint density at radius 2 is 1.92 bits per heavy atom. The highest BCUT2D eigenvalue weighted by Crippen LogP contribution is 1.73. The highest BCUT2D eigenvalue weighted by Gasteiger charge is 1.88. The Morgan fingerprint density at radius 3 is 2.17 bits per heavy atom. The van der Waals surface area contributed by atoms with Crippen molar-refractivity contribution in [2.24, 2.45) is 0 Å². The summed E-state index contributed by atoms with van der Waals surface area (Å²) in [6, 6.07) is 0. The molecule has 0 radical (unpaired) electrons. The molecule has 0 aliphatic rings. The minimum absolute atomic E-state index is 0.725. The van der Waals surface area contributed by atoms with Crippen LogP contribution in [0.4, 0.5) is 0 Å². The van der Waals surface area contributed by atoms with Gasteiger partial charge in [0, 0.05) is 0 Å². The Bertz CT molecular complexity index is 118. The monoisotopic (exact) mass is 173 g/mol. The molecule has 0 unspecified atom stereocenters. The number of likely N-dealkylation sites (N-methyl/N-ethyl adjacent to an activating group) is 1. The SMILES string of the molecule is C=C(C)C.C[NH+](C)CCNC=O. The predicted octanol–water partition coefficient (Wildman–Crippen LogP) is -0.541. The minimum atomic E-state index is 0.725. The number of carbonyl (C=O) groups is 1. The lowest BCUT2D eigenvalue weighted by Gasteiger charge is -2.04. The summed E-state index contributed by atoms with van der Waals surface area (Å²) in [6.45, 7) is 9.25. The van der Waals surface area contributed by atoms with Gasteiger partial charge in [0.15, 0.2) is 0 Å². The lowest BCUT2D eigenvalue weighted by Crippen LogP contribution is -3.06. The van der Waals surface area contributed by atoms with E-state index in [1.165, 1.54) is 10.5 Å². The van der Waals surface area contributed by atoms with Gasteiger partial charge in [-0.2, -0.15) is 0 Å². The lowest BCUT2D eigenvalue weighted by atomic mass is 10.4. The summed E-state index contributed by atoms with van der Waals surface area (Å²) in [5.74, 6) is 0. The first-order valence-corrected chi connectivity index (χ1v) is 4.09. The largest absolute Gasteiger partial charge is 0.353 e. The van der Waals surface area contributed by atoms with Crippen LogP contribution in [-0.4, -0.2) is 33.6 Å². The highest BCUT2D eigenvalue weighted by molar-refractivity contribution is 5.45. The summed E-state index contributed by atoms with van der Waals surface area (Å²) in [5.41, 5.74) is 1.17. The van der Waals surface area contributed by atoms with Crippen molar-refractivity contribution in [2.45, 2.75) is 13.8 Å². The zero-order valence-corrected chi connectivity index (χ0v) is 8.61. The number of nitrogens with one attached hydrogen (secondary N) is 2. The zero-order valence-electron chi connectivity index (χ0n) is 8.61. The summed E-state index contributed by atoms with van der Waals surface area (Å²) in [6.07, 6.45) is 0.725. The Morgan fingerprint density at radius 1 is 1.50 bits per heavy atom. The van der Waals surface area contributed by atoms with Gasteiger partial charge in [0.2, 0.25) is 6.41 Å². The standard InChI is InChI=1S/C5H12N2O.C4H8/c1-7(2)4-3-6-5-8;1-4(2)3/h5H,3-4H2,1-2H3,(H,6,8);1H2,2-3H3/p+1. The van der Waals surface area contributed by atoms with Crippen molar-refractivity contribution in [2.75, 3.05) is 27.2 Å². The third-order valence-corrected chi connectivity index (χ3v) is 0.853. The molecule has 12 heavy (non-hydrogen) atoms. The highest BCUT2D eigenvalue weighted by atomic mass is 16.1. The molecule has 0 spiro atoms. The van der Waals surface area contributed by atoms with Gasteiger partial charge in [-0.05, 0) is 13.8 Å². The van der Waals surface area contributed by atoms with E-state index in [1.807, 2.05) is 27.9 Å². The molecular formula is C9H21N2O+. The molecule has 0 aromatic rings. The van der Waals surface area contributed by atoms with E-state index in [2.05, 4.69) is 11.9 Å². The summed E-state index contributed by atoms with van der Waals surface area (Å²) in [4.78, 5) is 11.0. The van der Waals surface area contributed by atoms with Crippen LogP contribution in [0.1, 0.15) is 13.8 Å². The Kier molecular flexibility index (Phi) is 11.6. The van der Waals surface area contributed by atoms with Crippen molar-refractivity contribution in [3.05, 3.63) is 12.2 Å². The van der Waals surface area contributed by atoms with Crippen molar-refractivity contribution >= 4 is 6.41 Å². The molecule has 72 valence electrons. The van der Waals surface area contributed by atoms with Crippen molar-refractivity contribution < 1.29 is 9.69 Å². The second-order valence-corrected chi connectivity index (χ2v) is 3.24. The molecule has 2 N–H and O–H groups in total. The fraction of sp³-hybridized carbons (Fsp3) is 0.667. The third-order valence-electron chi connectivity index (χ3n) is 0.853. The number of allylic oxidation sites excluding steroid dienone is 1. The fourth-order valence-corrected chi connectivity index (χ4v) is 0.381. The van der Waals surface area contributed by atoms with Gasteiger partial charge in [0.25, 0.3) is 0 Å². The van der Waals surface area contributed by atoms with Gasteiger partial charge in [-0.1, -0.05) is 5.57 Å². The van der Waals surface area contributed by atoms with Gasteiger partial charge in [0.05, 0.1) is 27.2 Å². The maximum atomic E-state index is 9.67. The van der Waals surface area contributed by atoms with Crippen LogP contribution in [0.2, 0.25) is 0 Å². The topological polar surface area (TPSA) is 33.5 Å². The van der Waals surface area contributed by atoms with Crippen LogP contribution in [-0.2, 0) is 4.79 Å². The summed E-state index contributed by atoms with van der Waals surface area (Å²) < 4.78 is 0. The number of amides is 1. The van der Waals surface area contributed by atoms with E-state index in [4.69, 9.17) is 0 Å². The summed E-state index contributed by atoms with van der Waals surface area (Å²) in [7, 11) is 4.10. The average Bonchev–Trinajstić information content (AvgIpc) is 1.86. The Balaban J connectivity index is 0. The molecule has 0 saturated heterocycles. The number of hydrogen-bond donors (Lipinski definition) is 2. The minimum Gasteiger partial charge on any atom is -0.353 e. The molecule has 0 aromatic carbocycles. The van der Waals surface area contributed by atoms with E-state index in [1.54, 1.807) is 0 Å². The number of quaternary nitrogens is 1. The average molecular weight is 173 g/mol. The molecule has 0 saturated carbocycles. The maximum absolute atomic E-state index is 9.67. The normalized spacial score (nSPS) is 8.42. The van der Waals surface area contributed by atoms with Gasteiger partial charge in [-0.3, -0.25) is 4.79 Å². The van der Waals surface area contributed by atoms with E-state index in [0.717, 1.165) is 19.5 Å². The Labute approximate surface area is 75.4 Å². The predicted molar refractivity (Wildman–Crippen MR) is 52.2 cm³/mol. The van der Waals surface area contributed by atoms with Crippen LogP contribution in [0, 0.1) is 0 Å². The van der Waals surface area contributed by atoms with Gasteiger partial charge in [0.1, 0.15) is 0 Å². The molecule has 1 amide bonds. The molecule has 0 aliphatic heterocycles. The van der Waals surface area contributed by atoms with E-state index in [9.17, 15) is 4.79 Å². The smallest absolute Gasteiger partial charge is 0.207 e. The number of hydrogen-bond acceptors (Lipinski definition) is 1. The molecule has 0 bridgehead atoms. The fourth-order valence-electron chi connectivity index (χ4n) is 0.381. The Hall–Kier alpha value is -0.830. The van der Waals surface area contributed by atoms with Crippen molar-refractivity contribution in [1.29, 1.82) is 0 Å². The molecule has 3 nitrogen and oxygen atoms in total. The van der Waals surface area contributed by atoms with E-state index in [0.29, 0.717) is 0 Å². The first-order chi connectivity index (χ1) is 5.50. The summed E-state index contributed by atoms with van der Waals surface area (Å²) >= 11 is 0. The molecular weight excluding hydrogens is 152 g/mol. The summed E-state index contributed by atoms with van der Waals surface area (Å²) in [5, 5.41) is 2.58. The van der Waals surface area contributed by atoms with Crippen LogP contribution in [0.5, 0.6) is 0 Å². The van der Waals surface area contributed by atoms with Crippen LogP contribution in [0.25, 0.3) is 0 Å². The lowest BCUT2D eigenvalue weighted by molar-refractivity contribution is -0.856. The van der Waals surface area contributed by atoms with Crippen LogP contribution < -0.4 is 10.2 Å². The quantitative estimate of drug-likeness (QED) is 0.334. The van der Waals surface area contributed by atoms with Crippen LogP contribution in [0.3, 0.4) is 0 Å². The maximum Gasteiger partial charge on any atom is 0.207 e. The first kappa shape index (κ1) is 13.7. The molecule has 0 fully saturated rings. The van der Waals surface area contributed by atoms with Crippen LogP contribution in [0.15, 0.2) is 12.2 Å². The molecule has 0 atom stereocenters. The molecule has 3 heteroatoms. The van der Waals surface area contributed by atoms with E-state index < -0.39 is 0 Å². The van der Waals surface area contributed by atoms with Crippen molar-refractivity contribution in [1.82, 2.24) is 5.32 Å². The second kappa shape index (κ2) is 10.2. The van der Waals surface area contributed by atoms with Gasteiger partial charge in [-0.25, -0.2) is 0 Å². The van der Waals surface area contributed by atoms with Crippen LogP contribution >= 0.6 is 0 Å². The first-order valence-electron chi connectivity index (χ1n) is 4.09. The molecule has 0 heterocycles. The second-order valence-electron chi connectivity index (χ2n) is 3.24. The number of rotatable bonds is 4. The number of carbonyl (C=O) groups excluding carboxylic acids is 1. The van der Waals surface area contributed by atoms with Gasteiger partial charge >= 0.3 is 0 Å². The molecule has 0 aromatic heterocycles. The zero-order chi connectivity index (χ0) is 9.98. The van der Waals surface area contributed by atoms with E-state index >= 15 is 0 Å². The van der Waals surface area contributed by atoms with Gasteiger partial charge in [-0.15, -0.1) is 6.58 Å². The van der Waals surface area contributed by atoms with Gasteiger partial charge < -0.3 is 10.2 Å².